The average molecular weight is 444 g/mol. The molecule has 0 aromatic heterocycles. The SMILES string of the molecule is CC(C)N(C(=O)[C@H]1CCC2C3CC[C@H]4C=C(CC(=O)O)CC[C@]4(C)C3CC[C@@]21C)C(C)C. The molecule has 4 heteroatoms. The monoisotopic (exact) mass is 443 g/mol. The molecule has 0 bridgehead atoms. The Bertz CT molecular complexity index is 778. The molecule has 180 valence electrons. The van der Waals surface area contributed by atoms with Crippen molar-refractivity contribution >= 4 is 11.9 Å². The van der Waals surface area contributed by atoms with Gasteiger partial charge in [-0.3, -0.25) is 9.59 Å². The Morgan fingerprint density at radius 2 is 1.62 bits per heavy atom. The van der Waals surface area contributed by atoms with E-state index >= 15 is 0 Å². The van der Waals surface area contributed by atoms with Crippen LogP contribution in [0, 0.1) is 40.4 Å². The van der Waals surface area contributed by atoms with Crippen LogP contribution in [-0.4, -0.2) is 34.0 Å². The van der Waals surface area contributed by atoms with Crippen molar-refractivity contribution < 1.29 is 14.7 Å². The van der Waals surface area contributed by atoms with E-state index in [0.29, 0.717) is 23.2 Å². The van der Waals surface area contributed by atoms with Gasteiger partial charge >= 0.3 is 5.97 Å². The topological polar surface area (TPSA) is 57.6 Å². The van der Waals surface area contributed by atoms with Gasteiger partial charge in [-0.2, -0.15) is 0 Å². The average Bonchev–Trinajstić information content (AvgIpc) is 3.04. The molecule has 32 heavy (non-hydrogen) atoms. The second kappa shape index (κ2) is 8.47. The Morgan fingerprint density at radius 1 is 0.969 bits per heavy atom. The molecule has 3 saturated carbocycles. The molecule has 4 aliphatic rings. The summed E-state index contributed by atoms with van der Waals surface area (Å²) in [6, 6.07) is 0.509. The summed E-state index contributed by atoms with van der Waals surface area (Å²) in [5, 5.41) is 9.25. The lowest BCUT2D eigenvalue weighted by Gasteiger charge is -2.60. The second-order valence-corrected chi connectivity index (χ2v) is 12.6. The minimum Gasteiger partial charge on any atom is -0.481 e. The van der Waals surface area contributed by atoms with E-state index in [2.05, 4.69) is 52.5 Å². The van der Waals surface area contributed by atoms with Gasteiger partial charge in [-0.15, -0.1) is 0 Å². The predicted molar refractivity (Wildman–Crippen MR) is 128 cm³/mol. The Balaban J connectivity index is 1.55. The van der Waals surface area contributed by atoms with Gasteiger partial charge in [-0.1, -0.05) is 25.5 Å². The summed E-state index contributed by atoms with van der Waals surface area (Å²) in [5.41, 5.74) is 1.59. The van der Waals surface area contributed by atoms with E-state index in [1.807, 2.05) is 0 Å². The van der Waals surface area contributed by atoms with Gasteiger partial charge in [0.05, 0.1) is 6.42 Å². The molecule has 7 atom stereocenters. The maximum Gasteiger partial charge on any atom is 0.307 e. The maximum absolute atomic E-state index is 13.7. The third-order valence-corrected chi connectivity index (χ3v) is 10.4. The molecule has 0 radical (unpaired) electrons. The first kappa shape index (κ1) is 23.8. The zero-order chi connectivity index (χ0) is 23.4. The zero-order valence-electron chi connectivity index (χ0n) is 21.2. The van der Waals surface area contributed by atoms with Gasteiger partial charge in [0.25, 0.3) is 0 Å². The van der Waals surface area contributed by atoms with Crippen molar-refractivity contribution in [1.29, 1.82) is 0 Å². The molecule has 1 amide bonds. The number of carbonyl (C=O) groups excluding carboxylic acids is 1. The van der Waals surface area contributed by atoms with Crippen LogP contribution in [0.25, 0.3) is 0 Å². The van der Waals surface area contributed by atoms with Crippen LogP contribution >= 0.6 is 0 Å². The predicted octanol–water partition coefficient (Wildman–Crippen LogP) is 6.30. The molecule has 0 aliphatic heterocycles. The standard InChI is InChI=1S/C28H45NO3/c1-17(2)29(18(3)4)26(32)24-10-9-22-21-8-7-20-15-19(16-25(30)31)11-13-27(20,5)23(21)12-14-28(22,24)6/h15,17-18,20-24H,7-14,16H2,1-6H3,(H,30,31)/t20-,21?,22?,23?,24+,27-,28-/m0/s1. The number of amides is 1. The first-order valence-corrected chi connectivity index (χ1v) is 13.2. The van der Waals surface area contributed by atoms with Gasteiger partial charge in [-0.05, 0) is 114 Å². The number of carboxylic acid groups (broad SMARTS) is 1. The Kier molecular flexibility index (Phi) is 6.31. The Morgan fingerprint density at radius 3 is 2.25 bits per heavy atom. The number of carbonyl (C=O) groups is 2. The number of hydrogen-bond donors (Lipinski definition) is 1. The summed E-state index contributed by atoms with van der Waals surface area (Å²) >= 11 is 0. The molecule has 0 saturated heterocycles. The molecular weight excluding hydrogens is 398 g/mol. The summed E-state index contributed by atoms with van der Waals surface area (Å²) in [5.74, 6) is 2.54. The van der Waals surface area contributed by atoms with E-state index < -0.39 is 5.97 Å². The fourth-order valence-corrected chi connectivity index (χ4v) is 8.96. The molecule has 3 unspecified atom stereocenters. The fourth-order valence-electron chi connectivity index (χ4n) is 8.96. The lowest BCUT2D eigenvalue weighted by Crippen LogP contribution is -2.54. The van der Waals surface area contributed by atoms with Crippen LogP contribution in [0.2, 0.25) is 0 Å². The third kappa shape index (κ3) is 3.74. The molecule has 0 heterocycles. The van der Waals surface area contributed by atoms with Crippen molar-refractivity contribution in [2.24, 2.45) is 40.4 Å². The zero-order valence-corrected chi connectivity index (χ0v) is 21.2. The quantitative estimate of drug-likeness (QED) is 0.507. The first-order chi connectivity index (χ1) is 15.0. The number of nitrogens with zero attached hydrogens (tertiary/aromatic N) is 1. The molecule has 3 fully saturated rings. The van der Waals surface area contributed by atoms with E-state index in [9.17, 15) is 14.7 Å². The number of hydrogen-bond acceptors (Lipinski definition) is 2. The number of allylic oxidation sites excluding steroid dienone is 1. The van der Waals surface area contributed by atoms with Crippen LogP contribution in [0.4, 0.5) is 0 Å². The van der Waals surface area contributed by atoms with E-state index in [4.69, 9.17) is 0 Å². The number of aliphatic carboxylic acids is 1. The number of rotatable bonds is 5. The summed E-state index contributed by atoms with van der Waals surface area (Å²) in [7, 11) is 0. The van der Waals surface area contributed by atoms with Crippen molar-refractivity contribution in [2.45, 2.75) is 111 Å². The van der Waals surface area contributed by atoms with Crippen LogP contribution in [0.5, 0.6) is 0 Å². The lowest BCUT2D eigenvalue weighted by atomic mass is 9.45. The highest BCUT2D eigenvalue weighted by atomic mass is 16.4. The minimum absolute atomic E-state index is 0.141. The second-order valence-electron chi connectivity index (χ2n) is 12.6. The molecule has 0 aromatic carbocycles. The largest absolute Gasteiger partial charge is 0.481 e. The molecular formula is C28H45NO3. The first-order valence-electron chi connectivity index (χ1n) is 13.2. The van der Waals surface area contributed by atoms with Gasteiger partial charge in [0.15, 0.2) is 0 Å². The Hall–Kier alpha value is -1.32. The van der Waals surface area contributed by atoms with Crippen molar-refractivity contribution in [2.75, 3.05) is 0 Å². The van der Waals surface area contributed by atoms with Crippen LogP contribution in [0.15, 0.2) is 11.6 Å². The van der Waals surface area contributed by atoms with Crippen LogP contribution in [0.1, 0.15) is 99.3 Å². The third-order valence-electron chi connectivity index (χ3n) is 10.4. The summed E-state index contributed by atoms with van der Waals surface area (Å²) in [4.78, 5) is 27.1. The molecule has 0 aromatic rings. The van der Waals surface area contributed by atoms with Crippen molar-refractivity contribution in [3.05, 3.63) is 11.6 Å². The molecule has 4 nitrogen and oxygen atoms in total. The van der Waals surface area contributed by atoms with E-state index in [-0.39, 0.29) is 29.8 Å². The minimum atomic E-state index is -0.694. The van der Waals surface area contributed by atoms with E-state index in [0.717, 1.165) is 36.7 Å². The summed E-state index contributed by atoms with van der Waals surface area (Å²) in [6.07, 6.45) is 11.8. The van der Waals surface area contributed by atoms with Crippen molar-refractivity contribution in [1.82, 2.24) is 4.90 Å². The van der Waals surface area contributed by atoms with Gasteiger partial charge in [0.2, 0.25) is 5.91 Å². The van der Waals surface area contributed by atoms with Crippen molar-refractivity contribution in [3.8, 4) is 0 Å². The van der Waals surface area contributed by atoms with Crippen LogP contribution in [0.3, 0.4) is 0 Å². The van der Waals surface area contributed by atoms with Gasteiger partial charge in [0, 0.05) is 18.0 Å². The molecule has 1 N–H and O–H groups in total. The van der Waals surface area contributed by atoms with Crippen molar-refractivity contribution in [3.63, 3.8) is 0 Å². The molecule has 4 rings (SSSR count). The van der Waals surface area contributed by atoms with Gasteiger partial charge < -0.3 is 10.0 Å². The molecule has 4 aliphatic carbocycles. The Labute approximate surface area is 195 Å². The van der Waals surface area contributed by atoms with Gasteiger partial charge in [-0.25, -0.2) is 0 Å². The fraction of sp³-hybridized carbons (Fsp3) is 0.857. The normalized spacial score (nSPS) is 41.0. The van der Waals surface area contributed by atoms with Crippen LogP contribution in [-0.2, 0) is 9.59 Å². The smallest absolute Gasteiger partial charge is 0.307 e. The lowest BCUT2D eigenvalue weighted by molar-refractivity contribution is -0.148. The van der Waals surface area contributed by atoms with Crippen LogP contribution < -0.4 is 0 Å². The summed E-state index contributed by atoms with van der Waals surface area (Å²) < 4.78 is 0. The highest BCUT2D eigenvalue weighted by molar-refractivity contribution is 5.80. The maximum atomic E-state index is 13.7. The highest BCUT2D eigenvalue weighted by Gasteiger charge is 2.61. The van der Waals surface area contributed by atoms with Gasteiger partial charge in [0.1, 0.15) is 0 Å². The summed E-state index contributed by atoms with van der Waals surface area (Å²) in [6.45, 7) is 13.6. The van der Waals surface area contributed by atoms with E-state index in [1.165, 1.54) is 32.1 Å². The van der Waals surface area contributed by atoms with E-state index in [1.54, 1.807) is 0 Å². The molecule has 0 spiro atoms. The highest BCUT2D eigenvalue weighted by Crippen LogP contribution is 2.67. The number of fused-ring (bicyclic) bond motifs is 5. The number of carboxylic acids is 1.